The van der Waals surface area contributed by atoms with Crippen LogP contribution in [0.3, 0.4) is 0 Å². The van der Waals surface area contributed by atoms with Crippen LogP contribution >= 0.6 is 11.5 Å². The molecule has 0 radical (unpaired) electrons. The molecular formula is C6H9N3S. The van der Waals surface area contributed by atoms with E-state index in [9.17, 15) is 0 Å². The van der Waals surface area contributed by atoms with E-state index >= 15 is 0 Å². The van der Waals surface area contributed by atoms with Crippen molar-refractivity contribution in [2.24, 2.45) is 5.73 Å². The van der Waals surface area contributed by atoms with Gasteiger partial charge in [0.25, 0.3) is 0 Å². The summed E-state index contributed by atoms with van der Waals surface area (Å²) in [6.07, 6.45) is 2.14. The highest BCUT2D eigenvalue weighted by Crippen LogP contribution is 2.42. The lowest BCUT2D eigenvalue weighted by atomic mass is 10.3. The third-order valence-electron chi connectivity index (χ3n) is 1.74. The molecule has 0 bridgehead atoms. The first-order chi connectivity index (χ1) is 4.71. The van der Waals surface area contributed by atoms with Gasteiger partial charge in [-0.2, -0.15) is 4.37 Å². The normalized spacial score (nSPS) is 21.0. The molecule has 1 aliphatic carbocycles. The zero-order chi connectivity index (χ0) is 7.19. The van der Waals surface area contributed by atoms with E-state index < -0.39 is 0 Å². The Bertz CT molecular complexity index is 251. The van der Waals surface area contributed by atoms with Gasteiger partial charge in [-0.15, -0.1) is 0 Å². The van der Waals surface area contributed by atoms with Crippen molar-refractivity contribution in [1.29, 1.82) is 0 Å². The average molecular weight is 155 g/mol. The fourth-order valence-corrected chi connectivity index (χ4v) is 1.67. The topological polar surface area (TPSA) is 51.8 Å². The predicted molar refractivity (Wildman–Crippen MR) is 39.7 cm³/mol. The summed E-state index contributed by atoms with van der Waals surface area (Å²) in [5.41, 5.74) is 5.80. The van der Waals surface area contributed by atoms with Gasteiger partial charge in [-0.3, -0.25) is 0 Å². The summed E-state index contributed by atoms with van der Waals surface area (Å²) in [6, 6.07) is 0. The molecule has 0 aliphatic heterocycles. The summed E-state index contributed by atoms with van der Waals surface area (Å²) in [5.74, 6) is 0.844. The molecule has 1 aromatic heterocycles. The van der Waals surface area contributed by atoms with Crippen molar-refractivity contribution in [3.05, 3.63) is 10.8 Å². The number of aromatic nitrogens is 2. The number of aryl methyl sites for hydroxylation is 1. The SMILES string of the molecule is Cc1nsc(C2(N)CC2)n1. The molecule has 0 atom stereocenters. The Kier molecular flexibility index (Phi) is 1.10. The highest BCUT2D eigenvalue weighted by Gasteiger charge is 2.43. The van der Waals surface area contributed by atoms with Crippen LogP contribution in [0, 0.1) is 6.92 Å². The molecule has 0 spiro atoms. The van der Waals surface area contributed by atoms with Crippen molar-refractivity contribution < 1.29 is 0 Å². The number of hydrogen-bond donors (Lipinski definition) is 1. The lowest BCUT2D eigenvalue weighted by Gasteiger charge is -1.99. The molecule has 3 nitrogen and oxygen atoms in total. The summed E-state index contributed by atoms with van der Waals surface area (Å²) in [4.78, 5) is 4.23. The molecule has 2 N–H and O–H groups in total. The molecule has 4 heteroatoms. The molecule has 1 aliphatic rings. The Labute approximate surface area is 63.4 Å². The Morgan fingerprint density at radius 2 is 2.30 bits per heavy atom. The van der Waals surface area contributed by atoms with Crippen LogP contribution in [0.4, 0.5) is 0 Å². The van der Waals surface area contributed by atoms with E-state index in [-0.39, 0.29) is 5.54 Å². The van der Waals surface area contributed by atoms with Crippen LogP contribution in [-0.4, -0.2) is 9.36 Å². The van der Waals surface area contributed by atoms with Crippen LogP contribution < -0.4 is 5.73 Å². The first kappa shape index (κ1) is 6.24. The summed E-state index contributed by atoms with van der Waals surface area (Å²) in [6.45, 7) is 1.89. The molecular weight excluding hydrogens is 146 g/mol. The van der Waals surface area contributed by atoms with Crippen molar-refractivity contribution >= 4 is 11.5 Å². The quantitative estimate of drug-likeness (QED) is 0.652. The maximum atomic E-state index is 5.89. The Morgan fingerprint density at radius 1 is 1.60 bits per heavy atom. The first-order valence-electron chi connectivity index (χ1n) is 3.30. The van der Waals surface area contributed by atoms with E-state index in [4.69, 9.17) is 5.73 Å². The van der Waals surface area contributed by atoms with Gasteiger partial charge in [-0.1, -0.05) is 0 Å². The van der Waals surface area contributed by atoms with Crippen LogP contribution in [0.25, 0.3) is 0 Å². The highest BCUT2D eigenvalue weighted by atomic mass is 32.1. The van der Waals surface area contributed by atoms with Crippen molar-refractivity contribution in [2.45, 2.75) is 25.3 Å². The fourth-order valence-electron chi connectivity index (χ4n) is 0.848. The van der Waals surface area contributed by atoms with E-state index in [1.165, 1.54) is 11.5 Å². The van der Waals surface area contributed by atoms with Gasteiger partial charge in [-0.05, 0) is 31.3 Å². The van der Waals surface area contributed by atoms with E-state index in [0.717, 1.165) is 23.7 Å². The lowest BCUT2D eigenvalue weighted by molar-refractivity contribution is 0.728. The number of hydrogen-bond acceptors (Lipinski definition) is 4. The Morgan fingerprint density at radius 3 is 2.70 bits per heavy atom. The van der Waals surface area contributed by atoms with Crippen LogP contribution in [-0.2, 0) is 5.54 Å². The first-order valence-corrected chi connectivity index (χ1v) is 4.08. The fraction of sp³-hybridized carbons (Fsp3) is 0.667. The molecule has 0 amide bonds. The third kappa shape index (κ3) is 0.839. The van der Waals surface area contributed by atoms with Crippen LogP contribution in [0.15, 0.2) is 0 Å². The zero-order valence-electron chi connectivity index (χ0n) is 5.79. The number of nitrogens with two attached hydrogens (primary N) is 1. The van der Waals surface area contributed by atoms with Gasteiger partial charge in [0.15, 0.2) is 0 Å². The van der Waals surface area contributed by atoms with Gasteiger partial charge < -0.3 is 5.73 Å². The Balaban J connectivity index is 2.34. The standard InChI is InChI=1S/C6H9N3S/c1-4-8-5(10-9-4)6(7)2-3-6/h2-3,7H2,1H3. The maximum absolute atomic E-state index is 5.89. The summed E-state index contributed by atoms with van der Waals surface area (Å²) >= 11 is 1.43. The second kappa shape index (κ2) is 1.77. The van der Waals surface area contributed by atoms with Crippen LogP contribution in [0.5, 0.6) is 0 Å². The summed E-state index contributed by atoms with van der Waals surface area (Å²) in [7, 11) is 0. The second-order valence-electron chi connectivity index (χ2n) is 2.80. The number of rotatable bonds is 1. The molecule has 1 saturated carbocycles. The van der Waals surface area contributed by atoms with Gasteiger partial charge in [0.05, 0.1) is 5.54 Å². The largest absolute Gasteiger partial charge is 0.319 e. The minimum atomic E-state index is -0.0913. The van der Waals surface area contributed by atoms with Gasteiger partial charge >= 0.3 is 0 Å². The predicted octanol–water partition coefficient (Wildman–Crippen LogP) is 0.794. The minimum absolute atomic E-state index is 0.0913. The minimum Gasteiger partial charge on any atom is -0.319 e. The van der Waals surface area contributed by atoms with Crippen molar-refractivity contribution in [2.75, 3.05) is 0 Å². The molecule has 1 fully saturated rings. The van der Waals surface area contributed by atoms with Crippen LogP contribution in [0.1, 0.15) is 23.7 Å². The third-order valence-corrected chi connectivity index (χ3v) is 2.77. The average Bonchev–Trinajstić information content (AvgIpc) is 2.45. The van der Waals surface area contributed by atoms with Gasteiger partial charge in [0.1, 0.15) is 10.8 Å². The van der Waals surface area contributed by atoms with E-state index in [1.807, 2.05) is 6.92 Å². The molecule has 0 aromatic carbocycles. The van der Waals surface area contributed by atoms with E-state index in [1.54, 1.807) is 0 Å². The summed E-state index contributed by atoms with van der Waals surface area (Å²) < 4.78 is 4.07. The molecule has 0 unspecified atom stereocenters. The molecule has 2 rings (SSSR count). The van der Waals surface area contributed by atoms with Gasteiger partial charge in [-0.25, -0.2) is 4.98 Å². The van der Waals surface area contributed by atoms with Crippen molar-refractivity contribution in [3.63, 3.8) is 0 Å². The summed E-state index contributed by atoms with van der Waals surface area (Å²) in [5, 5.41) is 1.00. The molecule has 10 heavy (non-hydrogen) atoms. The molecule has 1 heterocycles. The molecule has 1 aromatic rings. The second-order valence-corrected chi connectivity index (χ2v) is 3.55. The Hall–Kier alpha value is -0.480. The van der Waals surface area contributed by atoms with E-state index in [0.29, 0.717) is 0 Å². The van der Waals surface area contributed by atoms with E-state index in [2.05, 4.69) is 9.36 Å². The smallest absolute Gasteiger partial charge is 0.139 e. The highest BCUT2D eigenvalue weighted by molar-refractivity contribution is 7.05. The van der Waals surface area contributed by atoms with Crippen molar-refractivity contribution in [1.82, 2.24) is 9.36 Å². The van der Waals surface area contributed by atoms with Gasteiger partial charge in [0.2, 0.25) is 0 Å². The van der Waals surface area contributed by atoms with Crippen LogP contribution in [0.2, 0.25) is 0 Å². The maximum Gasteiger partial charge on any atom is 0.139 e. The zero-order valence-corrected chi connectivity index (χ0v) is 6.61. The molecule has 0 saturated heterocycles. The molecule has 54 valence electrons. The lowest BCUT2D eigenvalue weighted by Crippen LogP contribution is -2.18. The monoisotopic (exact) mass is 155 g/mol. The number of nitrogens with zero attached hydrogens (tertiary/aromatic N) is 2. The van der Waals surface area contributed by atoms with Crippen molar-refractivity contribution in [3.8, 4) is 0 Å². The van der Waals surface area contributed by atoms with Gasteiger partial charge in [0, 0.05) is 0 Å².